The number of primary sulfonamides is 1. The second kappa shape index (κ2) is 7.73. The highest BCUT2D eigenvalue weighted by Crippen LogP contribution is 2.21. The number of sulfonamides is 1. The van der Waals surface area contributed by atoms with Crippen molar-refractivity contribution in [1.29, 1.82) is 0 Å². The molecule has 0 aliphatic carbocycles. The number of carbonyl (C=O) groups excluding carboxylic acids is 1. The van der Waals surface area contributed by atoms with Crippen molar-refractivity contribution in [2.24, 2.45) is 5.14 Å². The summed E-state index contributed by atoms with van der Waals surface area (Å²) in [6.07, 6.45) is 2.07. The van der Waals surface area contributed by atoms with Gasteiger partial charge in [0.25, 0.3) is 5.91 Å². The Labute approximate surface area is 157 Å². The third kappa shape index (κ3) is 4.60. The van der Waals surface area contributed by atoms with Gasteiger partial charge in [-0.1, -0.05) is 35.9 Å². The third-order valence-electron chi connectivity index (χ3n) is 4.14. The lowest BCUT2D eigenvalue weighted by Crippen LogP contribution is -2.25. The summed E-state index contributed by atoms with van der Waals surface area (Å²) < 4.78 is 22.5. The first-order chi connectivity index (χ1) is 12.8. The van der Waals surface area contributed by atoms with Gasteiger partial charge < -0.3 is 5.32 Å². The van der Waals surface area contributed by atoms with E-state index in [0.29, 0.717) is 24.2 Å². The number of H-pyrrole nitrogens is 1. The molecule has 0 spiro atoms. The Bertz CT molecular complexity index is 1060. The molecule has 0 aliphatic rings. The van der Waals surface area contributed by atoms with Crippen LogP contribution in [0, 0.1) is 6.92 Å². The first-order valence-electron chi connectivity index (χ1n) is 8.35. The molecule has 3 rings (SSSR count). The van der Waals surface area contributed by atoms with Crippen LogP contribution in [0.3, 0.4) is 0 Å². The van der Waals surface area contributed by atoms with Gasteiger partial charge in [0.2, 0.25) is 10.0 Å². The average Bonchev–Trinajstić information content (AvgIpc) is 3.11. The van der Waals surface area contributed by atoms with Crippen LogP contribution in [-0.4, -0.2) is 31.1 Å². The number of nitrogens with two attached hydrogens (primary N) is 1. The zero-order valence-corrected chi connectivity index (χ0v) is 15.6. The molecule has 2 aromatic carbocycles. The fourth-order valence-electron chi connectivity index (χ4n) is 2.74. The Hall–Kier alpha value is -2.97. The maximum atomic E-state index is 12.5. The van der Waals surface area contributed by atoms with Gasteiger partial charge >= 0.3 is 0 Å². The minimum atomic E-state index is -3.70. The molecule has 0 bridgehead atoms. The van der Waals surface area contributed by atoms with Crippen molar-refractivity contribution in [3.63, 3.8) is 0 Å². The summed E-state index contributed by atoms with van der Waals surface area (Å²) >= 11 is 0. The second-order valence-corrected chi connectivity index (χ2v) is 7.78. The average molecular weight is 384 g/mol. The Morgan fingerprint density at radius 2 is 1.93 bits per heavy atom. The van der Waals surface area contributed by atoms with Gasteiger partial charge in [-0.25, -0.2) is 13.6 Å². The molecule has 8 heteroatoms. The van der Waals surface area contributed by atoms with Crippen LogP contribution in [0.15, 0.2) is 59.6 Å². The van der Waals surface area contributed by atoms with E-state index >= 15 is 0 Å². The third-order valence-corrected chi connectivity index (χ3v) is 5.07. The number of amides is 1. The molecule has 140 valence electrons. The fourth-order valence-corrected chi connectivity index (χ4v) is 3.26. The van der Waals surface area contributed by atoms with Crippen LogP contribution in [0.2, 0.25) is 0 Å². The van der Waals surface area contributed by atoms with Gasteiger partial charge in [0.05, 0.1) is 22.3 Å². The van der Waals surface area contributed by atoms with Crippen LogP contribution < -0.4 is 10.5 Å². The van der Waals surface area contributed by atoms with Crippen molar-refractivity contribution in [3.8, 4) is 11.3 Å². The molecule has 1 amide bonds. The largest absolute Gasteiger partial charge is 0.352 e. The highest BCUT2D eigenvalue weighted by molar-refractivity contribution is 7.89. The summed E-state index contributed by atoms with van der Waals surface area (Å²) in [6.45, 7) is 2.40. The van der Waals surface area contributed by atoms with Crippen molar-refractivity contribution < 1.29 is 13.2 Å². The lowest BCUT2D eigenvalue weighted by atomic mass is 10.1. The number of hydrogen-bond donors (Lipinski definition) is 3. The van der Waals surface area contributed by atoms with E-state index in [4.69, 9.17) is 5.14 Å². The van der Waals surface area contributed by atoms with Crippen molar-refractivity contribution in [1.82, 2.24) is 15.5 Å². The summed E-state index contributed by atoms with van der Waals surface area (Å²) in [5.74, 6) is -0.221. The maximum Gasteiger partial charge on any atom is 0.255 e. The van der Waals surface area contributed by atoms with E-state index in [0.717, 1.165) is 16.7 Å². The molecule has 4 N–H and O–H groups in total. The van der Waals surface area contributed by atoms with Gasteiger partial charge in [-0.05, 0) is 37.1 Å². The van der Waals surface area contributed by atoms with Gasteiger partial charge in [-0.3, -0.25) is 9.89 Å². The smallest absolute Gasteiger partial charge is 0.255 e. The minimum Gasteiger partial charge on any atom is -0.352 e. The normalized spacial score (nSPS) is 11.3. The molecule has 27 heavy (non-hydrogen) atoms. The summed E-state index contributed by atoms with van der Waals surface area (Å²) in [6, 6.07) is 14.1. The molecule has 1 aromatic heterocycles. The second-order valence-electron chi connectivity index (χ2n) is 6.22. The van der Waals surface area contributed by atoms with Crippen molar-refractivity contribution in [3.05, 3.63) is 71.4 Å². The lowest BCUT2D eigenvalue weighted by Gasteiger charge is -2.07. The molecular weight excluding hydrogens is 364 g/mol. The molecule has 0 radical (unpaired) electrons. The van der Waals surface area contributed by atoms with Crippen LogP contribution in [0.5, 0.6) is 0 Å². The zero-order chi connectivity index (χ0) is 19.4. The van der Waals surface area contributed by atoms with E-state index < -0.39 is 10.0 Å². The molecule has 0 saturated carbocycles. The number of carbonyl (C=O) groups is 1. The predicted molar refractivity (Wildman–Crippen MR) is 103 cm³/mol. The number of aromatic amines is 1. The number of benzene rings is 2. The van der Waals surface area contributed by atoms with Crippen LogP contribution >= 0.6 is 0 Å². The molecule has 1 heterocycles. The summed E-state index contributed by atoms with van der Waals surface area (Å²) in [5, 5.41) is 14.8. The molecule has 0 aliphatic heterocycles. The number of rotatable bonds is 6. The number of hydrogen-bond acceptors (Lipinski definition) is 4. The quantitative estimate of drug-likeness (QED) is 0.602. The van der Waals surface area contributed by atoms with Crippen molar-refractivity contribution in [2.45, 2.75) is 18.2 Å². The summed E-state index contributed by atoms with van der Waals surface area (Å²) in [5.41, 5.74) is 4.04. The summed E-state index contributed by atoms with van der Waals surface area (Å²) in [7, 11) is -3.70. The fraction of sp³-hybridized carbons (Fsp3) is 0.158. The zero-order valence-electron chi connectivity index (χ0n) is 14.8. The summed E-state index contributed by atoms with van der Waals surface area (Å²) in [4.78, 5) is 12.6. The molecule has 7 nitrogen and oxygen atoms in total. The lowest BCUT2D eigenvalue weighted by molar-refractivity contribution is 0.0955. The molecule has 0 saturated heterocycles. The topological polar surface area (TPSA) is 118 Å². The Morgan fingerprint density at radius 1 is 1.19 bits per heavy atom. The monoisotopic (exact) mass is 384 g/mol. The molecule has 0 atom stereocenters. The number of nitrogens with one attached hydrogen (secondary N) is 2. The van der Waals surface area contributed by atoms with E-state index in [1.165, 1.54) is 18.3 Å². The Kier molecular flexibility index (Phi) is 5.38. The van der Waals surface area contributed by atoms with Gasteiger partial charge in [0, 0.05) is 12.1 Å². The van der Waals surface area contributed by atoms with E-state index in [1.807, 2.05) is 31.2 Å². The molecule has 0 unspecified atom stereocenters. The Morgan fingerprint density at radius 3 is 2.59 bits per heavy atom. The van der Waals surface area contributed by atoms with Gasteiger partial charge in [0.1, 0.15) is 0 Å². The molecule has 0 fully saturated rings. The van der Waals surface area contributed by atoms with Gasteiger partial charge in [-0.15, -0.1) is 0 Å². The highest BCUT2D eigenvalue weighted by Gasteiger charge is 2.15. The van der Waals surface area contributed by atoms with Crippen molar-refractivity contribution in [2.75, 3.05) is 6.54 Å². The van der Waals surface area contributed by atoms with Crippen LogP contribution in [0.25, 0.3) is 11.3 Å². The van der Waals surface area contributed by atoms with E-state index in [9.17, 15) is 13.2 Å². The predicted octanol–water partition coefficient (Wildman–Crippen LogP) is 2.01. The van der Waals surface area contributed by atoms with Crippen LogP contribution in [-0.2, 0) is 16.4 Å². The van der Waals surface area contributed by atoms with Crippen LogP contribution in [0.4, 0.5) is 0 Å². The van der Waals surface area contributed by atoms with Crippen LogP contribution in [0.1, 0.15) is 21.5 Å². The maximum absolute atomic E-state index is 12.5. The van der Waals surface area contributed by atoms with Crippen molar-refractivity contribution >= 4 is 15.9 Å². The highest BCUT2D eigenvalue weighted by atomic mass is 32.2. The Balaban J connectivity index is 1.63. The number of aromatic nitrogens is 2. The van der Waals surface area contributed by atoms with E-state index in [2.05, 4.69) is 15.5 Å². The number of nitrogens with zero attached hydrogens (tertiary/aromatic N) is 1. The van der Waals surface area contributed by atoms with Gasteiger partial charge in [-0.2, -0.15) is 5.10 Å². The van der Waals surface area contributed by atoms with E-state index in [1.54, 1.807) is 12.1 Å². The first-order valence-corrected chi connectivity index (χ1v) is 9.89. The molecule has 3 aromatic rings. The minimum absolute atomic E-state index is 0.0662. The SMILES string of the molecule is Cc1cccc(-c2[nH]ncc2C(=O)NCCc2ccc(S(N)(=O)=O)cc2)c1. The van der Waals surface area contributed by atoms with E-state index in [-0.39, 0.29) is 10.8 Å². The molecular formula is C19H20N4O3S. The van der Waals surface area contributed by atoms with Gasteiger partial charge in [0.15, 0.2) is 0 Å². The first kappa shape index (κ1) is 18.8. The standard InChI is InChI=1S/C19H20N4O3S/c1-13-3-2-4-15(11-13)18-17(12-22-23-18)19(24)21-10-9-14-5-7-16(8-6-14)27(20,25)26/h2-8,11-12H,9-10H2,1H3,(H,21,24)(H,22,23)(H2,20,25,26). The number of aryl methyl sites for hydroxylation is 1.